The van der Waals surface area contributed by atoms with Gasteiger partial charge < -0.3 is 10.4 Å². The molecule has 0 aliphatic heterocycles. The molecule has 5 heteroatoms. The maximum Gasteiger partial charge on any atom is 0.318 e. The Kier molecular flexibility index (Phi) is 3.47. The molecule has 0 radical (unpaired) electrons. The van der Waals surface area contributed by atoms with Crippen LogP contribution in [0.2, 0.25) is 25.7 Å². The molecule has 1 aliphatic carbocycles. The average molecular weight is 243 g/mol. The van der Waals surface area contributed by atoms with Crippen LogP contribution in [0.1, 0.15) is 19.8 Å². The van der Waals surface area contributed by atoms with Crippen molar-refractivity contribution in [3.05, 3.63) is 0 Å². The highest BCUT2D eigenvalue weighted by Gasteiger charge is 2.45. The van der Waals surface area contributed by atoms with Crippen LogP contribution in [0, 0.1) is 5.41 Å². The van der Waals surface area contributed by atoms with Gasteiger partial charge in [-0.3, -0.25) is 9.59 Å². The smallest absolute Gasteiger partial charge is 0.318 e. The van der Waals surface area contributed by atoms with Gasteiger partial charge in [0.05, 0.1) is 0 Å². The van der Waals surface area contributed by atoms with E-state index >= 15 is 0 Å². The van der Waals surface area contributed by atoms with E-state index in [2.05, 4.69) is 25.0 Å². The Morgan fingerprint density at radius 3 is 2.19 bits per heavy atom. The fraction of sp³-hybridized carbons (Fsp3) is 0.818. The second kappa shape index (κ2) is 4.20. The molecular formula is C11H21NO3Si. The number of carbonyl (C=O) groups is 2. The number of rotatable bonds is 5. The third-order valence-corrected chi connectivity index (χ3v) is 4.54. The van der Waals surface area contributed by atoms with E-state index in [0.717, 1.165) is 12.8 Å². The minimum Gasteiger partial charge on any atom is -0.480 e. The van der Waals surface area contributed by atoms with E-state index in [4.69, 9.17) is 0 Å². The van der Waals surface area contributed by atoms with Gasteiger partial charge in [-0.1, -0.05) is 19.6 Å². The van der Waals surface area contributed by atoms with E-state index in [9.17, 15) is 14.7 Å². The van der Waals surface area contributed by atoms with Crippen molar-refractivity contribution in [1.29, 1.82) is 0 Å². The topological polar surface area (TPSA) is 66.4 Å². The molecule has 0 saturated heterocycles. The van der Waals surface area contributed by atoms with E-state index in [-0.39, 0.29) is 11.9 Å². The first kappa shape index (κ1) is 13.2. The van der Waals surface area contributed by atoms with Crippen molar-refractivity contribution in [2.24, 2.45) is 5.41 Å². The number of amides is 1. The Hall–Kier alpha value is -0.843. The molecule has 0 spiro atoms. The van der Waals surface area contributed by atoms with Crippen LogP contribution in [-0.2, 0) is 9.59 Å². The van der Waals surface area contributed by atoms with Gasteiger partial charge in [0.1, 0.15) is 5.41 Å². The number of hydrogen-bond donors (Lipinski definition) is 2. The maximum atomic E-state index is 12.0. The molecule has 2 N–H and O–H groups in total. The summed E-state index contributed by atoms with van der Waals surface area (Å²) in [6.07, 6.45) is 1.96. The molecule has 0 aromatic rings. The summed E-state index contributed by atoms with van der Waals surface area (Å²) in [5, 5.41) is 12.1. The standard InChI is InChI=1S/C11H21NO3Si/c1-11(10(14)15,7-16(2,3)4)9(13)12-8-5-6-8/h8H,5-7H2,1-4H3,(H,12,13)(H,14,15). The maximum absolute atomic E-state index is 12.0. The number of nitrogens with one attached hydrogen (secondary N) is 1. The van der Waals surface area contributed by atoms with Crippen LogP contribution >= 0.6 is 0 Å². The van der Waals surface area contributed by atoms with Crippen molar-refractivity contribution < 1.29 is 14.7 Å². The molecule has 1 rings (SSSR count). The van der Waals surface area contributed by atoms with E-state index in [1.54, 1.807) is 6.92 Å². The summed E-state index contributed by atoms with van der Waals surface area (Å²) in [6.45, 7) is 7.79. The first-order valence-electron chi connectivity index (χ1n) is 5.69. The van der Waals surface area contributed by atoms with Gasteiger partial charge in [0.15, 0.2) is 0 Å². The van der Waals surface area contributed by atoms with Gasteiger partial charge in [-0.05, 0) is 25.8 Å². The van der Waals surface area contributed by atoms with Crippen LogP contribution in [0.15, 0.2) is 0 Å². The molecule has 0 bridgehead atoms. The van der Waals surface area contributed by atoms with Gasteiger partial charge in [-0.15, -0.1) is 0 Å². The van der Waals surface area contributed by atoms with Gasteiger partial charge in [0.2, 0.25) is 5.91 Å². The number of hydrogen-bond acceptors (Lipinski definition) is 2. The number of carbonyl (C=O) groups excluding carboxylic acids is 1. The Bertz CT molecular complexity index is 307. The molecule has 1 unspecified atom stereocenters. The fourth-order valence-corrected chi connectivity index (χ4v) is 4.32. The number of carboxylic acid groups (broad SMARTS) is 1. The zero-order valence-electron chi connectivity index (χ0n) is 10.5. The molecule has 0 heterocycles. The molecule has 16 heavy (non-hydrogen) atoms. The minimum absolute atomic E-state index is 0.216. The van der Waals surface area contributed by atoms with Crippen molar-refractivity contribution in [2.75, 3.05) is 0 Å². The first-order valence-corrected chi connectivity index (χ1v) is 9.40. The molecular weight excluding hydrogens is 222 g/mol. The SMILES string of the molecule is CC(C[Si](C)(C)C)(C(=O)O)C(=O)NC1CC1. The Balaban J connectivity index is 2.77. The second-order valence-corrected chi connectivity index (χ2v) is 11.6. The molecule has 92 valence electrons. The predicted molar refractivity (Wildman–Crippen MR) is 65.1 cm³/mol. The van der Waals surface area contributed by atoms with Gasteiger partial charge in [0.25, 0.3) is 0 Å². The van der Waals surface area contributed by atoms with Crippen molar-refractivity contribution in [3.63, 3.8) is 0 Å². The highest BCUT2D eigenvalue weighted by molar-refractivity contribution is 6.76. The lowest BCUT2D eigenvalue weighted by Gasteiger charge is -2.29. The van der Waals surface area contributed by atoms with E-state index < -0.39 is 19.5 Å². The molecule has 4 nitrogen and oxygen atoms in total. The molecule has 1 aliphatic rings. The van der Waals surface area contributed by atoms with E-state index in [1.165, 1.54) is 0 Å². The van der Waals surface area contributed by atoms with Gasteiger partial charge in [0, 0.05) is 14.1 Å². The molecule has 1 saturated carbocycles. The van der Waals surface area contributed by atoms with Crippen LogP contribution in [0.3, 0.4) is 0 Å². The lowest BCUT2D eigenvalue weighted by molar-refractivity contribution is -0.153. The number of carboxylic acids is 1. The Morgan fingerprint density at radius 2 is 1.88 bits per heavy atom. The zero-order valence-corrected chi connectivity index (χ0v) is 11.5. The van der Waals surface area contributed by atoms with Crippen molar-refractivity contribution in [3.8, 4) is 0 Å². The summed E-state index contributed by atoms with van der Waals surface area (Å²) in [6, 6.07) is 0.696. The summed E-state index contributed by atoms with van der Waals surface area (Å²) in [5.41, 5.74) is -1.26. The minimum atomic E-state index is -1.59. The van der Waals surface area contributed by atoms with Crippen molar-refractivity contribution in [1.82, 2.24) is 5.32 Å². The third kappa shape index (κ3) is 3.33. The van der Waals surface area contributed by atoms with Crippen LogP contribution in [0.5, 0.6) is 0 Å². The lowest BCUT2D eigenvalue weighted by atomic mass is 9.92. The number of aliphatic carboxylic acids is 1. The molecule has 1 atom stereocenters. The third-order valence-electron chi connectivity index (χ3n) is 2.77. The van der Waals surface area contributed by atoms with Crippen LogP contribution in [0.4, 0.5) is 0 Å². The lowest BCUT2D eigenvalue weighted by Crippen LogP contribution is -2.48. The quantitative estimate of drug-likeness (QED) is 0.570. The predicted octanol–water partition coefficient (Wildman–Crippen LogP) is 1.69. The zero-order chi connectivity index (χ0) is 12.6. The highest BCUT2D eigenvalue weighted by atomic mass is 28.3. The van der Waals surface area contributed by atoms with Gasteiger partial charge in [-0.2, -0.15) is 0 Å². The van der Waals surface area contributed by atoms with E-state index in [0.29, 0.717) is 6.04 Å². The molecule has 0 aromatic carbocycles. The van der Waals surface area contributed by atoms with Gasteiger partial charge in [-0.25, -0.2) is 0 Å². The summed E-state index contributed by atoms with van der Waals surface area (Å²) < 4.78 is 0. The molecule has 1 fully saturated rings. The van der Waals surface area contributed by atoms with Crippen molar-refractivity contribution >= 4 is 20.0 Å². The fourth-order valence-electron chi connectivity index (χ4n) is 1.89. The van der Waals surface area contributed by atoms with Crippen LogP contribution in [0.25, 0.3) is 0 Å². The summed E-state index contributed by atoms with van der Waals surface area (Å²) in [7, 11) is -1.59. The van der Waals surface area contributed by atoms with Crippen LogP contribution < -0.4 is 5.32 Å². The average Bonchev–Trinajstić information content (AvgIpc) is 2.84. The largest absolute Gasteiger partial charge is 0.480 e. The van der Waals surface area contributed by atoms with Crippen molar-refractivity contribution in [2.45, 2.75) is 51.5 Å². The highest BCUT2D eigenvalue weighted by Crippen LogP contribution is 2.31. The monoisotopic (exact) mass is 243 g/mol. The normalized spacial score (nSPS) is 20.0. The van der Waals surface area contributed by atoms with Crippen LogP contribution in [-0.4, -0.2) is 31.1 Å². The molecule has 0 aromatic heterocycles. The Morgan fingerprint density at radius 1 is 1.38 bits per heavy atom. The summed E-state index contributed by atoms with van der Waals surface area (Å²) in [4.78, 5) is 23.3. The van der Waals surface area contributed by atoms with Gasteiger partial charge >= 0.3 is 5.97 Å². The summed E-state index contributed by atoms with van der Waals surface area (Å²) in [5.74, 6) is -1.32. The first-order chi connectivity index (χ1) is 7.15. The Labute approximate surface area is 97.4 Å². The summed E-state index contributed by atoms with van der Waals surface area (Å²) >= 11 is 0. The van der Waals surface area contributed by atoms with E-state index in [1.807, 2.05) is 0 Å². The second-order valence-electron chi connectivity index (χ2n) is 6.12. The molecule has 1 amide bonds.